The van der Waals surface area contributed by atoms with Gasteiger partial charge in [0, 0.05) is 11.0 Å². The van der Waals surface area contributed by atoms with Crippen LogP contribution in [0.25, 0.3) is 0 Å². The molecule has 0 rings (SSSR count). The molecule has 0 spiro atoms. The van der Waals surface area contributed by atoms with Crippen molar-refractivity contribution in [3.05, 3.63) is 23.6 Å². The first-order valence-corrected chi connectivity index (χ1v) is 3.89. The monoisotopic (exact) mass is 158 g/mol. The number of thioether (sulfide) groups is 1. The number of carboxylic acid groups (broad SMARTS) is 1. The molecule has 0 aromatic heterocycles. The zero-order valence-electron chi connectivity index (χ0n) is 5.83. The van der Waals surface area contributed by atoms with E-state index in [0.29, 0.717) is 4.91 Å². The van der Waals surface area contributed by atoms with Crippen LogP contribution in [0.2, 0.25) is 0 Å². The quantitative estimate of drug-likeness (QED) is 0.501. The molecule has 10 heavy (non-hydrogen) atoms. The summed E-state index contributed by atoms with van der Waals surface area (Å²) >= 11 is 1.47. The molecule has 0 atom stereocenters. The Labute approximate surface area is 64.6 Å². The smallest absolute Gasteiger partial charge is 0.329 e. The summed E-state index contributed by atoms with van der Waals surface area (Å²) in [6, 6.07) is 0. The Morgan fingerprint density at radius 3 is 2.70 bits per heavy atom. The molecule has 0 saturated carbocycles. The number of aliphatic carboxylic acids is 1. The van der Waals surface area contributed by atoms with Gasteiger partial charge in [0.2, 0.25) is 0 Å². The second-order valence-electron chi connectivity index (χ2n) is 1.52. The Morgan fingerprint density at radius 1 is 1.80 bits per heavy atom. The van der Waals surface area contributed by atoms with Crippen LogP contribution in [0.5, 0.6) is 0 Å². The van der Waals surface area contributed by atoms with E-state index < -0.39 is 5.97 Å². The molecule has 0 aromatic rings. The van der Waals surface area contributed by atoms with Gasteiger partial charge in [0.1, 0.15) is 0 Å². The molecule has 0 aliphatic carbocycles. The van der Waals surface area contributed by atoms with Crippen LogP contribution in [0.15, 0.2) is 23.6 Å². The molecule has 56 valence electrons. The largest absolute Gasteiger partial charge is 0.478 e. The van der Waals surface area contributed by atoms with Crippen molar-refractivity contribution < 1.29 is 9.90 Å². The predicted molar refractivity (Wildman–Crippen MR) is 44.0 cm³/mol. The number of carbonyl (C=O) groups is 1. The molecule has 1 N–H and O–H groups in total. The van der Waals surface area contributed by atoms with Crippen LogP contribution in [0, 0.1) is 0 Å². The number of carboxylic acids is 1. The van der Waals surface area contributed by atoms with Crippen LogP contribution in [-0.2, 0) is 4.79 Å². The average molecular weight is 158 g/mol. The Hall–Kier alpha value is -0.700. The first kappa shape index (κ1) is 9.30. The van der Waals surface area contributed by atoms with E-state index in [9.17, 15) is 4.79 Å². The molecule has 3 heteroatoms. The van der Waals surface area contributed by atoms with Crippen molar-refractivity contribution in [2.45, 2.75) is 6.92 Å². The lowest BCUT2D eigenvalue weighted by atomic mass is 10.5. The summed E-state index contributed by atoms with van der Waals surface area (Å²) in [4.78, 5) is 10.8. The summed E-state index contributed by atoms with van der Waals surface area (Å²) in [5.41, 5.74) is 0. The second-order valence-corrected chi connectivity index (χ2v) is 2.86. The lowest BCUT2D eigenvalue weighted by Crippen LogP contribution is -1.88. The van der Waals surface area contributed by atoms with Gasteiger partial charge in [-0.2, -0.15) is 0 Å². The molecule has 0 fully saturated rings. The van der Waals surface area contributed by atoms with Crippen LogP contribution in [0.4, 0.5) is 0 Å². The van der Waals surface area contributed by atoms with E-state index >= 15 is 0 Å². The summed E-state index contributed by atoms with van der Waals surface area (Å²) in [6.07, 6.45) is 2.70. The molecule has 0 bridgehead atoms. The summed E-state index contributed by atoms with van der Waals surface area (Å²) in [5, 5.41) is 8.30. The van der Waals surface area contributed by atoms with Gasteiger partial charge in [-0.3, -0.25) is 0 Å². The summed E-state index contributed by atoms with van der Waals surface area (Å²) in [5.74, 6) is -0.0543. The van der Waals surface area contributed by atoms with Gasteiger partial charge in [-0.25, -0.2) is 4.79 Å². The van der Waals surface area contributed by atoms with E-state index in [1.165, 1.54) is 11.8 Å². The lowest BCUT2D eigenvalue weighted by molar-refractivity contribution is -0.131. The van der Waals surface area contributed by atoms with Crippen molar-refractivity contribution in [3.63, 3.8) is 0 Å². The van der Waals surface area contributed by atoms with Crippen LogP contribution in [-0.4, -0.2) is 16.8 Å². The fraction of sp³-hybridized carbons (Fsp3) is 0.286. The van der Waals surface area contributed by atoms with Crippen LogP contribution < -0.4 is 0 Å². The topological polar surface area (TPSA) is 37.3 Å². The second kappa shape index (κ2) is 5.11. The van der Waals surface area contributed by atoms with Gasteiger partial charge in [-0.15, -0.1) is 11.8 Å². The Kier molecular flexibility index (Phi) is 4.76. The van der Waals surface area contributed by atoms with Gasteiger partial charge in [-0.05, 0) is 5.75 Å². The van der Waals surface area contributed by atoms with Crippen molar-refractivity contribution in [2.75, 3.05) is 5.75 Å². The highest BCUT2D eigenvalue weighted by Gasteiger charge is 1.93. The van der Waals surface area contributed by atoms with E-state index in [2.05, 4.69) is 6.58 Å². The maximum atomic E-state index is 10.1. The molecule has 0 amide bonds. The Balaban J connectivity index is 4.03. The zero-order valence-corrected chi connectivity index (χ0v) is 6.65. The van der Waals surface area contributed by atoms with E-state index in [4.69, 9.17) is 5.11 Å². The molecule has 0 aromatic carbocycles. The van der Waals surface area contributed by atoms with Crippen molar-refractivity contribution in [1.82, 2.24) is 0 Å². The average Bonchev–Trinajstić information content (AvgIpc) is 1.86. The molecule has 0 aliphatic heterocycles. The SMILES string of the molecule is C=C/C(=C\C(=O)O)SCC. The van der Waals surface area contributed by atoms with E-state index in [-0.39, 0.29) is 0 Å². The maximum Gasteiger partial charge on any atom is 0.329 e. The minimum Gasteiger partial charge on any atom is -0.478 e. The molecule has 0 unspecified atom stereocenters. The van der Waals surface area contributed by atoms with Crippen LogP contribution in [0.3, 0.4) is 0 Å². The minimum absolute atomic E-state index is 0.704. The minimum atomic E-state index is -0.921. The van der Waals surface area contributed by atoms with E-state index in [1.54, 1.807) is 6.08 Å². The highest BCUT2D eigenvalue weighted by atomic mass is 32.2. The molecular formula is C7H10O2S. The molecular weight excluding hydrogens is 148 g/mol. The number of hydrogen-bond donors (Lipinski definition) is 1. The summed E-state index contributed by atoms with van der Waals surface area (Å²) in [7, 11) is 0. The number of allylic oxidation sites excluding steroid dienone is 1. The van der Waals surface area contributed by atoms with Gasteiger partial charge in [0.05, 0.1) is 0 Å². The number of rotatable bonds is 4. The van der Waals surface area contributed by atoms with Crippen LogP contribution >= 0.6 is 11.8 Å². The van der Waals surface area contributed by atoms with Crippen LogP contribution in [0.1, 0.15) is 6.92 Å². The van der Waals surface area contributed by atoms with Gasteiger partial charge >= 0.3 is 5.97 Å². The lowest BCUT2D eigenvalue weighted by Gasteiger charge is -1.94. The third-order valence-corrected chi connectivity index (χ3v) is 1.68. The predicted octanol–water partition coefficient (Wildman–Crippen LogP) is 1.89. The fourth-order valence-electron chi connectivity index (χ4n) is 0.448. The van der Waals surface area contributed by atoms with Crippen molar-refractivity contribution in [3.8, 4) is 0 Å². The van der Waals surface area contributed by atoms with Crippen molar-refractivity contribution in [1.29, 1.82) is 0 Å². The molecule has 2 nitrogen and oxygen atoms in total. The number of hydrogen-bond acceptors (Lipinski definition) is 2. The molecule has 0 saturated heterocycles. The molecule has 0 aliphatic rings. The van der Waals surface area contributed by atoms with Gasteiger partial charge in [0.25, 0.3) is 0 Å². The van der Waals surface area contributed by atoms with Gasteiger partial charge < -0.3 is 5.11 Å². The first-order valence-electron chi connectivity index (χ1n) is 2.90. The highest BCUT2D eigenvalue weighted by molar-refractivity contribution is 8.03. The Bertz CT molecular complexity index is 161. The summed E-state index contributed by atoms with van der Waals surface area (Å²) in [6.45, 7) is 5.44. The third-order valence-electron chi connectivity index (χ3n) is 0.778. The van der Waals surface area contributed by atoms with Crippen molar-refractivity contribution in [2.24, 2.45) is 0 Å². The van der Waals surface area contributed by atoms with E-state index in [1.807, 2.05) is 6.92 Å². The highest BCUT2D eigenvalue weighted by Crippen LogP contribution is 2.14. The van der Waals surface area contributed by atoms with Gasteiger partial charge in [-0.1, -0.05) is 19.6 Å². The standard InChI is InChI=1S/C7H10O2S/c1-3-6(10-4-2)5-7(8)9/h3,5H,1,4H2,2H3,(H,8,9)/b6-5+. The van der Waals surface area contributed by atoms with Gasteiger partial charge in [0.15, 0.2) is 0 Å². The van der Waals surface area contributed by atoms with E-state index in [0.717, 1.165) is 11.8 Å². The van der Waals surface area contributed by atoms with Crippen molar-refractivity contribution >= 4 is 17.7 Å². The summed E-state index contributed by atoms with van der Waals surface area (Å²) < 4.78 is 0. The maximum absolute atomic E-state index is 10.1. The normalized spacial score (nSPS) is 11.1. The zero-order chi connectivity index (χ0) is 7.98. The first-order chi connectivity index (χ1) is 4.70. The Morgan fingerprint density at radius 2 is 2.40 bits per heavy atom. The third kappa shape index (κ3) is 4.21. The fourth-order valence-corrected chi connectivity index (χ4v) is 1.08. The molecule has 0 radical (unpaired) electrons. The molecule has 0 heterocycles.